The van der Waals surface area contributed by atoms with Crippen molar-refractivity contribution in [3.63, 3.8) is 0 Å². The zero-order valence-corrected chi connectivity index (χ0v) is 15.8. The molecule has 0 fully saturated rings. The van der Waals surface area contributed by atoms with E-state index in [0.29, 0.717) is 0 Å². The van der Waals surface area contributed by atoms with Gasteiger partial charge < -0.3 is 0 Å². The van der Waals surface area contributed by atoms with Crippen LogP contribution in [0.3, 0.4) is 0 Å². The molecule has 0 aliphatic rings. The molecule has 0 radical (unpaired) electrons. The number of rotatable bonds is 5. The lowest BCUT2D eigenvalue weighted by Gasteiger charge is -2.03. The molecule has 27 heavy (non-hydrogen) atoms. The smallest absolute Gasteiger partial charge is 0.203 e. The van der Waals surface area contributed by atoms with Crippen LogP contribution in [0.2, 0.25) is 0 Å². The third-order valence-electron chi connectivity index (χ3n) is 4.24. The van der Waals surface area contributed by atoms with Crippen LogP contribution in [-0.4, -0.2) is 11.2 Å². The van der Waals surface area contributed by atoms with Crippen LogP contribution in [0.5, 0.6) is 0 Å². The molecule has 0 atom stereocenters. The van der Waals surface area contributed by atoms with Crippen LogP contribution in [0, 0.1) is 6.92 Å². The van der Waals surface area contributed by atoms with Gasteiger partial charge in [0.05, 0.1) is 11.9 Å². The molecule has 1 aromatic heterocycles. The maximum atomic E-state index is 4.57. The van der Waals surface area contributed by atoms with E-state index in [9.17, 15) is 0 Å². The molecule has 0 bridgehead atoms. The predicted octanol–water partition coefficient (Wildman–Crippen LogP) is 6.23. The summed E-state index contributed by atoms with van der Waals surface area (Å²) in [6.45, 7) is 2.10. The van der Waals surface area contributed by atoms with E-state index in [-0.39, 0.29) is 0 Å². The van der Waals surface area contributed by atoms with E-state index in [1.54, 1.807) is 11.3 Å². The lowest BCUT2D eigenvalue weighted by molar-refractivity contribution is 1.29. The molecule has 1 heterocycles. The minimum Gasteiger partial charge on any atom is -0.253 e. The van der Waals surface area contributed by atoms with Crippen LogP contribution < -0.4 is 5.43 Å². The molecule has 3 aromatic carbocycles. The topological polar surface area (TPSA) is 37.3 Å². The first-order chi connectivity index (χ1) is 13.3. The molecule has 0 spiro atoms. The van der Waals surface area contributed by atoms with Crippen molar-refractivity contribution in [2.75, 3.05) is 5.43 Å². The van der Waals surface area contributed by atoms with Gasteiger partial charge in [0.2, 0.25) is 5.13 Å². The predicted molar refractivity (Wildman–Crippen MR) is 115 cm³/mol. The van der Waals surface area contributed by atoms with Crippen molar-refractivity contribution in [1.29, 1.82) is 0 Å². The van der Waals surface area contributed by atoms with Crippen LogP contribution in [0.25, 0.3) is 22.4 Å². The highest BCUT2D eigenvalue weighted by atomic mass is 32.1. The van der Waals surface area contributed by atoms with Gasteiger partial charge in [0, 0.05) is 10.9 Å². The number of benzene rings is 3. The van der Waals surface area contributed by atoms with Crippen molar-refractivity contribution >= 4 is 22.7 Å². The minimum absolute atomic E-state index is 0.779. The summed E-state index contributed by atoms with van der Waals surface area (Å²) in [5.41, 5.74) is 9.81. The average Bonchev–Trinajstić information content (AvgIpc) is 3.19. The number of anilines is 1. The Balaban J connectivity index is 1.40. The lowest BCUT2D eigenvalue weighted by atomic mass is 10.0. The Morgan fingerprint density at radius 2 is 1.48 bits per heavy atom. The largest absolute Gasteiger partial charge is 0.253 e. The molecule has 0 unspecified atom stereocenters. The Hall–Kier alpha value is -3.24. The highest BCUT2D eigenvalue weighted by Gasteiger charge is 2.03. The summed E-state index contributed by atoms with van der Waals surface area (Å²) in [4.78, 5) is 4.57. The second kappa shape index (κ2) is 7.98. The molecule has 0 amide bonds. The fourth-order valence-electron chi connectivity index (χ4n) is 2.74. The monoisotopic (exact) mass is 369 g/mol. The van der Waals surface area contributed by atoms with E-state index >= 15 is 0 Å². The highest BCUT2D eigenvalue weighted by Crippen LogP contribution is 2.24. The minimum atomic E-state index is 0.779. The summed E-state index contributed by atoms with van der Waals surface area (Å²) >= 11 is 1.54. The maximum absolute atomic E-state index is 4.57. The van der Waals surface area contributed by atoms with Gasteiger partial charge in [0.25, 0.3) is 0 Å². The second-order valence-corrected chi connectivity index (χ2v) is 7.12. The summed E-state index contributed by atoms with van der Waals surface area (Å²) < 4.78 is 0. The van der Waals surface area contributed by atoms with Crippen LogP contribution in [-0.2, 0) is 0 Å². The van der Waals surface area contributed by atoms with Gasteiger partial charge in [-0.15, -0.1) is 11.3 Å². The molecular weight excluding hydrogens is 350 g/mol. The summed E-state index contributed by atoms with van der Waals surface area (Å²) in [5.74, 6) is 0. The molecule has 4 heteroatoms. The standard InChI is InChI=1S/C23H19N3S/c1-17-7-11-19(12-8-17)20-13-9-18(10-14-20)15-24-26-23-25-22(16-27-23)21-5-3-2-4-6-21/h2-16H,1H3,(H,25,26). The highest BCUT2D eigenvalue weighted by molar-refractivity contribution is 7.14. The first-order valence-corrected chi connectivity index (χ1v) is 9.63. The summed E-state index contributed by atoms with van der Waals surface area (Å²) in [5, 5.41) is 7.12. The number of hydrogen-bond donors (Lipinski definition) is 1. The zero-order valence-electron chi connectivity index (χ0n) is 15.0. The number of nitrogens with zero attached hydrogens (tertiary/aromatic N) is 2. The molecule has 0 aliphatic heterocycles. The first-order valence-electron chi connectivity index (χ1n) is 8.75. The molecule has 0 aliphatic carbocycles. The molecule has 0 saturated heterocycles. The van der Waals surface area contributed by atoms with Crippen molar-refractivity contribution in [2.45, 2.75) is 6.92 Å². The number of hydrogen-bond acceptors (Lipinski definition) is 4. The number of nitrogens with one attached hydrogen (secondary N) is 1. The van der Waals surface area contributed by atoms with E-state index in [2.05, 4.69) is 83.1 Å². The van der Waals surface area contributed by atoms with E-state index in [0.717, 1.165) is 22.0 Å². The van der Waals surface area contributed by atoms with Crippen molar-refractivity contribution in [1.82, 2.24) is 4.98 Å². The normalized spacial score (nSPS) is 11.0. The van der Waals surface area contributed by atoms with Gasteiger partial charge in [-0.3, -0.25) is 5.43 Å². The molecule has 4 rings (SSSR count). The van der Waals surface area contributed by atoms with Gasteiger partial charge in [-0.25, -0.2) is 4.98 Å². The molecule has 4 aromatic rings. The maximum Gasteiger partial charge on any atom is 0.203 e. The van der Waals surface area contributed by atoms with Crippen molar-refractivity contribution in [2.24, 2.45) is 5.10 Å². The van der Waals surface area contributed by atoms with E-state index in [1.165, 1.54) is 16.7 Å². The van der Waals surface area contributed by atoms with Gasteiger partial charge in [0.15, 0.2) is 0 Å². The molecular formula is C23H19N3S. The van der Waals surface area contributed by atoms with Crippen LogP contribution in [0.1, 0.15) is 11.1 Å². The Morgan fingerprint density at radius 1 is 0.815 bits per heavy atom. The van der Waals surface area contributed by atoms with Gasteiger partial charge >= 0.3 is 0 Å². The number of aryl methyl sites for hydroxylation is 1. The van der Waals surface area contributed by atoms with Crippen molar-refractivity contribution in [3.05, 3.63) is 95.4 Å². The Labute approximate surface area is 163 Å². The molecule has 3 nitrogen and oxygen atoms in total. The Bertz CT molecular complexity index is 1030. The Morgan fingerprint density at radius 3 is 2.19 bits per heavy atom. The molecule has 132 valence electrons. The van der Waals surface area contributed by atoms with E-state index in [4.69, 9.17) is 0 Å². The number of thiazole rings is 1. The SMILES string of the molecule is Cc1ccc(-c2ccc(C=NNc3nc(-c4ccccc4)cs3)cc2)cc1. The lowest BCUT2D eigenvalue weighted by Crippen LogP contribution is -1.90. The van der Waals surface area contributed by atoms with Crippen LogP contribution in [0.4, 0.5) is 5.13 Å². The molecule has 1 N–H and O–H groups in total. The quantitative estimate of drug-likeness (QED) is 0.334. The number of hydrazone groups is 1. The Kier molecular flexibility index (Phi) is 5.08. The fraction of sp³-hybridized carbons (Fsp3) is 0.0435. The van der Waals surface area contributed by atoms with E-state index < -0.39 is 0 Å². The van der Waals surface area contributed by atoms with Crippen molar-refractivity contribution in [3.8, 4) is 22.4 Å². The van der Waals surface area contributed by atoms with Gasteiger partial charge in [-0.2, -0.15) is 5.10 Å². The fourth-order valence-corrected chi connectivity index (χ4v) is 3.40. The van der Waals surface area contributed by atoms with Gasteiger partial charge in [0.1, 0.15) is 0 Å². The summed E-state index contributed by atoms with van der Waals surface area (Å²) in [6, 6.07) is 27.1. The van der Waals surface area contributed by atoms with Crippen LogP contribution in [0.15, 0.2) is 89.3 Å². The first kappa shape index (κ1) is 17.2. The third kappa shape index (κ3) is 4.30. The molecule has 0 saturated carbocycles. The van der Waals surface area contributed by atoms with Crippen LogP contribution >= 0.6 is 11.3 Å². The van der Waals surface area contributed by atoms with E-state index in [1.807, 2.05) is 29.8 Å². The van der Waals surface area contributed by atoms with Gasteiger partial charge in [-0.05, 0) is 23.6 Å². The summed E-state index contributed by atoms with van der Waals surface area (Å²) in [7, 11) is 0. The van der Waals surface area contributed by atoms with Gasteiger partial charge in [-0.1, -0.05) is 84.4 Å². The number of aromatic nitrogens is 1. The zero-order chi connectivity index (χ0) is 18.5. The average molecular weight is 369 g/mol. The summed E-state index contributed by atoms with van der Waals surface area (Å²) in [6.07, 6.45) is 1.81. The second-order valence-electron chi connectivity index (χ2n) is 6.26. The van der Waals surface area contributed by atoms with Crippen molar-refractivity contribution < 1.29 is 0 Å². The third-order valence-corrected chi connectivity index (χ3v) is 4.99.